The molecule has 0 saturated heterocycles. The summed E-state index contributed by atoms with van der Waals surface area (Å²) in [4.78, 5) is 29.3. The first-order valence-electron chi connectivity index (χ1n) is 17.3. The highest BCUT2D eigenvalue weighted by atomic mass is 16.6. The lowest BCUT2D eigenvalue weighted by Gasteiger charge is -2.46. The van der Waals surface area contributed by atoms with Crippen molar-refractivity contribution in [1.29, 1.82) is 0 Å². The molecule has 4 aromatic rings. The Labute approximate surface area is 283 Å². The molecule has 1 heterocycles. The molecule has 0 unspecified atom stereocenters. The fourth-order valence-corrected chi connectivity index (χ4v) is 7.95. The van der Waals surface area contributed by atoms with Crippen LogP contribution in [0, 0.1) is 5.41 Å². The zero-order chi connectivity index (χ0) is 33.9. The molecule has 3 aromatic carbocycles. The number of nitrogens with zero attached hydrogens (tertiary/aromatic N) is 1. The number of carbonyl (C=O) groups is 2. The van der Waals surface area contributed by atoms with E-state index in [-0.39, 0.29) is 24.0 Å². The van der Waals surface area contributed by atoms with Gasteiger partial charge in [0.2, 0.25) is 5.78 Å². The number of ether oxygens (including phenoxy) is 1. The van der Waals surface area contributed by atoms with E-state index in [1.54, 1.807) is 23.1 Å². The van der Waals surface area contributed by atoms with E-state index in [1.165, 1.54) is 11.8 Å². The Hall–Kier alpha value is -4.20. The molecule has 7 nitrogen and oxygen atoms in total. The summed E-state index contributed by atoms with van der Waals surface area (Å²) in [6, 6.07) is 22.9. The SMILES string of the molecule is CCCN(C[C@]1(O)CC[C@H]2c3ccc(cc3C(=O)c3ccco3)C[C@@H](O)CCC(C)=CCC[C@@]21C)C(=O)Oc1ccc2ccccc2c1. The van der Waals surface area contributed by atoms with Crippen molar-refractivity contribution >= 4 is 22.6 Å². The van der Waals surface area contributed by atoms with Gasteiger partial charge in [-0.1, -0.05) is 68.0 Å². The largest absolute Gasteiger partial charge is 0.461 e. The average Bonchev–Trinajstić information content (AvgIpc) is 3.70. The van der Waals surface area contributed by atoms with Crippen LogP contribution < -0.4 is 4.74 Å². The van der Waals surface area contributed by atoms with E-state index in [0.717, 1.165) is 34.7 Å². The molecule has 1 saturated carbocycles. The van der Waals surface area contributed by atoms with E-state index in [4.69, 9.17) is 9.15 Å². The number of rotatable bonds is 7. The number of ketones is 1. The Balaban J connectivity index is 1.36. The molecule has 7 rings (SSSR count). The molecular formula is C41H47NO6. The van der Waals surface area contributed by atoms with Crippen LogP contribution in [0.1, 0.15) is 98.9 Å². The highest BCUT2D eigenvalue weighted by molar-refractivity contribution is 6.08. The van der Waals surface area contributed by atoms with Crippen molar-refractivity contribution in [2.24, 2.45) is 5.41 Å². The van der Waals surface area contributed by atoms with Crippen molar-refractivity contribution < 1.29 is 29.0 Å². The summed E-state index contributed by atoms with van der Waals surface area (Å²) in [6.07, 6.45) is 7.76. The summed E-state index contributed by atoms with van der Waals surface area (Å²) in [6.45, 7) is 6.79. The Morgan fingerprint density at radius 2 is 1.81 bits per heavy atom. The van der Waals surface area contributed by atoms with Crippen LogP contribution in [0.3, 0.4) is 0 Å². The third-order valence-electron chi connectivity index (χ3n) is 10.8. The molecule has 0 aliphatic heterocycles. The average molecular weight is 650 g/mol. The van der Waals surface area contributed by atoms with Crippen molar-refractivity contribution in [3.63, 3.8) is 0 Å². The lowest BCUT2D eigenvalue weighted by molar-refractivity contribution is -0.0790. The van der Waals surface area contributed by atoms with Crippen molar-refractivity contribution in [2.45, 2.75) is 89.8 Å². The van der Waals surface area contributed by atoms with Gasteiger partial charge in [-0.15, -0.1) is 0 Å². The summed E-state index contributed by atoms with van der Waals surface area (Å²) in [5, 5.41) is 25.7. The highest BCUT2D eigenvalue weighted by Crippen LogP contribution is 2.59. The molecular weight excluding hydrogens is 602 g/mol. The van der Waals surface area contributed by atoms with E-state index in [2.05, 4.69) is 19.9 Å². The van der Waals surface area contributed by atoms with Gasteiger partial charge in [0.15, 0.2) is 5.76 Å². The maximum absolute atomic E-state index is 13.9. The fourth-order valence-electron chi connectivity index (χ4n) is 7.95. The molecule has 7 heteroatoms. The maximum Gasteiger partial charge on any atom is 0.415 e. The summed E-state index contributed by atoms with van der Waals surface area (Å²) < 4.78 is 11.5. The second kappa shape index (κ2) is 14.1. The van der Waals surface area contributed by atoms with Gasteiger partial charge in [-0.2, -0.15) is 0 Å². The first kappa shape index (κ1) is 33.7. The predicted molar refractivity (Wildman–Crippen MR) is 187 cm³/mol. The second-order valence-electron chi connectivity index (χ2n) is 14.1. The number of hydrogen-bond acceptors (Lipinski definition) is 6. The van der Waals surface area contributed by atoms with Crippen LogP contribution in [-0.4, -0.2) is 51.8 Å². The molecule has 1 amide bonds. The minimum absolute atomic E-state index is 0.120. The van der Waals surface area contributed by atoms with Crippen LogP contribution in [0.5, 0.6) is 5.75 Å². The Kier molecular flexibility index (Phi) is 9.90. The number of amides is 1. The van der Waals surface area contributed by atoms with Crippen LogP contribution in [0.4, 0.5) is 4.79 Å². The number of fused-ring (bicyclic) bond motifs is 9. The zero-order valence-electron chi connectivity index (χ0n) is 28.3. The molecule has 3 aliphatic rings. The molecule has 0 spiro atoms. The topological polar surface area (TPSA) is 100 Å². The molecule has 2 bridgehead atoms. The standard InChI is InChI=1S/C41H47NO6/c1-4-22-42(39(45)48-33-17-15-30-10-5-6-11-31(30)26-33)27-41(46)21-19-36-34-18-14-29(25-35(34)38(44)37-12-8-23-47-37)24-32(43)16-13-28(2)9-7-20-40(36,41)3/h5-6,8-12,14-15,17-18,23,25-26,32,36,43,46H,4,7,13,16,19-22,24,27H2,1-3H3/t32-,36-,40-,41+/m0/s1. The monoisotopic (exact) mass is 649 g/mol. The van der Waals surface area contributed by atoms with Gasteiger partial charge in [-0.3, -0.25) is 4.79 Å². The quantitative estimate of drug-likeness (QED) is 0.154. The van der Waals surface area contributed by atoms with Crippen LogP contribution >= 0.6 is 0 Å². The van der Waals surface area contributed by atoms with Gasteiger partial charge in [0.25, 0.3) is 0 Å². The lowest BCUT2D eigenvalue weighted by Crippen LogP contribution is -2.54. The molecule has 252 valence electrons. The molecule has 1 aromatic heterocycles. The van der Waals surface area contributed by atoms with E-state index in [1.807, 2.05) is 61.5 Å². The summed E-state index contributed by atoms with van der Waals surface area (Å²) in [5.41, 5.74) is 1.59. The predicted octanol–water partition coefficient (Wildman–Crippen LogP) is 8.61. The molecule has 1 fully saturated rings. The zero-order valence-corrected chi connectivity index (χ0v) is 28.3. The van der Waals surface area contributed by atoms with Crippen molar-refractivity contribution in [1.82, 2.24) is 4.90 Å². The summed E-state index contributed by atoms with van der Waals surface area (Å²) in [5.74, 6) is 0.354. The Bertz CT molecular complexity index is 1790. The van der Waals surface area contributed by atoms with Gasteiger partial charge in [-0.25, -0.2) is 4.79 Å². The number of allylic oxidation sites excluding steroid dienone is 2. The van der Waals surface area contributed by atoms with Crippen molar-refractivity contribution in [3.05, 3.63) is 113 Å². The number of hydrogen-bond donors (Lipinski definition) is 2. The Morgan fingerprint density at radius 3 is 2.58 bits per heavy atom. The minimum Gasteiger partial charge on any atom is -0.461 e. The molecule has 0 radical (unpaired) electrons. The van der Waals surface area contributed by atoms with Gasteiger partial charge >= 0.3 is 6.09 Å². The minimum atomic E-state index is -1.24. The third-order valence-corrected chi connectivity index (χ3v) is 10.8. The molecule has 48 heavy (non-hydrogen) atoms. The van der Waals surface area contributed by atoms with E-state index in [0.29, 0.717) is 56.4 Å². The number of furan rings is 1. The van der Waals surface area contributed by atoms with E-state index >= 15 is 0 Å². The van der Waals surface area contributed by atoms with Crippen LogP contribution in [0.2, 0.25) is 0 Å². The van der Waals surface area contributed by atoms with Crippen molar-refractivity contribution in [3.8, 4) is 5.75 Å². The normalized spacial score (nSPS) is 24.5. The van der Waals surface area contributed by atoms with Gasteiger partial charge < -0.3 is 24.3 Å². The number of aliphatic hydroxyl groups is 2. The van der Waals surface area contributed by atoms with Gasteiger partial charge in [0, 0.05) is 17.5 Å². The second-order valence-corrected chi connectivity index (χ2v) is 14.1. The smallest absolute Gasteiger partial charge is 0.415 e. The van der Waals surface area contributed by atoms with Gasteiger partial charge in [0.1, 0.15) is 5.75 Å². The fraction of sp³-hybridized carbons (Fsp3) is 0.415. The van der Waals surface area contributed by atoms with Gasteiger partial charge in [0.05, 0.1) is 24.5 Å². The van der Waals surface area contributed by atoms with E-state index in [9.17, 15) is 19.8 Å². The maximum atomic E-state index is 13.9. The molecule has 2 N–H and O–H groups in total. The van der Waals surface area contributed by atoms with E-state index < -0.39 is 23.2 Å². The highest BCUT2D eigenvalue weighted by Gasteiger charge is 2.57. The molecule has 4 atom stereocenters. The number of benzene rings is 3. The first-order valence-corrected chi connectivity index (χ1v) is 17.3. The molecule has 3 aliphatic carbocycles. The number of carbonyl (C=O) groups excluding carboxylic acids is 2. The van der Waals surface area contributed by atoms with Crippen LogP contribution in [0.15, 0.2) is 95.1 Å². The van der Waals surface area contributed by atoms with Crippen LogP contribution in [0.25, 0.3) is 10.8 Å². The number of aliphatic hydroxyl groups excluding tert-OH is 1. The lowest BCUT2D eigenvalue weighted by atomic mass is 9.64. The summed E-state index contributed by atoms with van der Waals surface area (Å²) in [7, 11) is 0. The summed E-state index contributed by atoms with van der Waals surface area (Å²) >= 11 is 0. The van der Waals surface area contributed by atoms with Crippen LogP contribution in [-0.2, 0) is 6.42 Å². The van der Waals surface area contributed by atoms with Crippen molar-refractivity contribution in [2.75, 3.05) is 13.1 Å². The third kappa shape index (κ3) is 6.85. The first-order chi connectivity index (χ1) is 23.1. The van der Waals surface area contributed by atoms with Gasteiger partial charge in [-0.05, 0) is 116 Å². The Morgan fingerprint density at radius 1 is 1.00 bits per heavy atom.